The highest BCUT2D eigenvalue weighted by molar-refractivity contribution is 7.91. The summed E-state index contributed by atoms with van der Waals surface area (Å²) >= 11 is 1.23. The van der Waals surface area contributed by atoms with E-state index in [1.807, 2.05) is 0 Å². The van der Waals surface area contributed by atoms with Gasteiger partial charge in [-0.3, -0.25) is 9.58 Å². The summed E-state index contributed by atoms with van der Waals surface area (Å²) in [7, 11) is -6.99. The number of rotatable bonds is 6. The molecular weight excluding hydrogens is 458 g/mol. The van der Waals surface area contributed by atoms with Gasteiger partial charge < -0.3 is 0 Å². The second-order valence-corrected chi connectivity index (χ2v) is 13.0. The molecule has 0 aliphatic carbocycles. The van der Waals surface area contributed by atoms with Crippen LogP contribution in [0.25, 0.3) is 0 Å². The summed E-state index contributed by atoms with van der Waals surface area (Å²) in [6, 6.07) is 3.37. The molecule has 2 aliphatic rings. The Labute approximate surface area is 188 Å². The van der Waals surface area contributed by atoms with Crippen molar-refractivity contribution in [3.05, 3.63) is 28.9 Å². The first kappa shape index (κ1) is 22.9. The normalized spacial score (nSPS) is 20.3. The maximum atomic E-state index is 13.2. The number of aromatic nitrogens is 2. The van der Waals surface area contributed by atoms with Crippen LogP contribution in [0.1, 0.15) is 30.7 Å². The fourth-order valence-electron chi connectivity index (χ4n) is 4.26. The fourth-order valence-corrected chi connectivity index (χ4v) is 8.72. The summed E-state index contributed by atoms with van der Waals surface area (Å²) in [6.07, 6.45) is 2.85. The maximum Gasteiger partial charge on any atom is 0.252 e. The van der Waals surface area contributed by atoms with E-state index in [1.165, 1.54) is 15.6 Å². The Morgan fingerprint density at radius 3 is 2.16 bits per heavy atom. The van der Waals surface area contributed by atoms with Crippen LogP contribution in [-0.4, -0.2) is 79.4 Å². The zero-order chi connectivity index (χ0) is 22.2. The molecular formula is C19H29N5O4S3. The second-order valence-electron chi connectivity index (χ2n) is 8.06. The van der Waals surface area contributed by atoms with Gasteiger partial charge in [0.05, 0.1) is 18.1 Å². The van der Waals surface area contributed by atoms with Gasteiger partial charge in [0.2, 0.25) is 10.0 Å². The van der Waals surface area contributed by atoms with Crippen molar-refractivity contribution < 1.29 is 16.8 Å². The smallest absolute Gasteiger partial charge is 0.252 e. The van der Waals surface area contributed by atoms with E-state index in [1.54, 1.807) is 40.3 Å². The SMILES string of the molecule is Cc1nn(CN2CCN(S(=O)(=O)c3cccs3)CC2)c(C)c1S(=O)(=O)N1CCCCC1. The number of hydrogen-bond donors (Lipinski definition) is 0. The van der Waals surface area contributed by atoms with E-state index in [9.17, 15) is 16.8 Å². The largest absolute Gasteiger partial charge is 0.282 e. The molecule has 4 rings (SSSR count). The number of hydrogen-bond acceptors (Lipinski definition) is 7. The molecule has 0 saturated carbocycles. The van der Waals surface area contributed by atoms with Gasteiger partial charge in [-0.2, -0.15) is 13.7 Å². The first-order valence-electron chi connectivity index (χ1n) is 10.5. The van der Waals surface area contributed by atoms with Gasteiger partial charge in [0, 0.05) is 39.3 Å². The fraction of sp³-hybridized carbons (Fsp3) is 0.632. The van der Waals surface area contributed by atoms with Crippen LogP contribution >= 0.6 is 11.3 Å². The van der Waals surface area contributed by atoms with Gasteiger partial charge in [0.25, 0.3) is 10.0 Å². The van der Waals surface area contributed by atoms with Crippen LogP contribution in [0.2, 0.25) is 0 Å². The average molecular weight is 488 g/mol. The maximum absolute atomic E-state index is 13.2. The molecule has 2 fully saturated rings. The Kier molecular flexibility index (Phi) is 6.57. The van der Waals surface area contributed by atoms with Crippen LogP contribution in [0, 0.1) is 13.8 Å². The Morgan fingerprint density at radius 2 is 1.55 bits per heavy atom. The molecule has 9 nitrogen and oxygen atoms in total. The lowest BCUT2D eigenvalue weighted by Crippen LogP contribution is -2.48. The van der Waals surface area contributed by atoms with Crippen molar-refractivity contribution in [1.29, 1.82) is 0 Å². The molecule has 31 heavy (non-hydrogen) atoms. The van der Waals surface area contributed by atoms with Crippen molar-refractivity contribution in [3.8, 4) is 0 Å². The third kappa shape index (κ3) is 4.46. The molecule has 0 atom stereocenters. The predicted molar refractivity (Wildman–Crippen MR) is 119 cm³/mol. The minimum atomic E-state index is -3.55. The van der Waals surface area contributed by atoms with Crippen LogP contribution in [0.4, 0.5) is 0 Å². The van der Waals surface area contributed by atoms with E-state index in [-0.39, 0.29) is 0 Å². The van der Waals surface area contributed by atoms with Crippen molar-refractivity contribution in [2.24, 2.45) is 0 Å². The third-order valence-corrected chi connectivity index (χ3v) is 11.4. The van der Waals surface area contributed by atoms with Crippen LogP contribution in [0.5, 0.6) is 0 Å². The lowest BCUT2D eigenvalue weighted by Gasteiger charge is -2.33. The van der Waals surface area contributed by atoms with Gasteiger partial charge in [-0.25, -0.2) is 16.8 Å². The van der Waals surface area contributed by atoms with Crippen LogP contribution in [0.3, 0.4) is 0 Å². The standard InChI is InChI=1S/C19H29N5O4S3/c1-16-19(31(27,28)22-8-4-3-5-9-22)17(2)24(20-16)15-21-10-12-23(13-11-21)30(25,26)18-7-6-14-29-18/h6-7,14H,3-5,8-13,15H2,1-2H3. The Balaban J connectivity index is 1.45. The van der Waals surface area contributed by atoms with E-state index >= 15 is 0 Å². The average Bonchev–Trinajstić information content (AvgIpc) is 3.38. The molecule has 2 aromatic rings. The zero-order valence-electron chi connectivity index (χ0n) is 17.9. The number of aryl methyl sites for hydroxylation is 1. The van der Waals surface area contributed by atoms with Gasteiger partial charge in [0.1, 0.15) is 9.10 Å². The number of sulfonamides is 2. The van der Waals surface area contributed by atoms with Crippen molar-refractivity contribution in [2.75, 3.05) is 39.3 Å². The number of nitrogens with zero attached hydrogens (tertiary/aromatic N) is 5. The topological polar surface area (TPSA) is 95.8 Å². The minimum Gasteiger partial charge on any atom is -0.282 e. The van der Waals surface area contributed by atoms with E-state index in [0.29, 0.717) is 66.4 Å². The molecule has 0 aromatic carbocycles. The highest BCUT2D eigenvalue weighted by atomic mass is 32.2. The molecule has 172 valence electrons. The second kappa shape index (κ2) is 8.91. The summed E-state index contributed by atoms with van der Waals surface area (Å²) in [5.41, 5.74) is 1.15. The lowest BCUT2D eigenvalue weighted by atomic mass is 10.2. The van der Waals surface area contributed by atoms with E-state index in [0.717, 1.165) is 19.3 Å². The summed E-state index contributed by atoms with van der Waals surface area (Å²) in [5, 5.41) is 6.28. The molecule has 12 heteroatoms. The van der Waals surface area contributed by atoms with Crippen molar-refractivity contribution in [3.63, 3.8) is 0 Å². The van der Waals surface area contributed by atoms with Gasteiger partial charge in [-0.1, -0.05) is 12.5 Å². The first-order chi connectivity index (χ1) is 14.7. The van der Waals surface area contributed by atoms with E-state index < -0.39 is 20.0 Å². The zero-order valence-corrected chi connectivity index (χ0v) is 20.3. The summed E-state index contributed by atoms with van der Waals surface area (Å²) in [6.45, 7) is 7.04. The van der Waals surface area contributed by atoms with Gasteiger partial charge in [0.15, 0.2) is 0 Å². The predicted octanol–water partition coefficient (Wildman–Crippen LogP) is 1.70. The summed E-state index contributed by atoms with van der Waals surface area (Å²) in [4.78, 5) is 2.42. The quantitative estimate of drug-likeness (QED) is 0.615. The molecule has 0 N–H and O–H groups in total. The Hall–Kier alpha value is -1.31. The highest BCUT2D eigenvalue weighted by Crippen LogP contribution is 2.27. The molecule has 0 bridgehead atoms. The van der Waals surface area contributed by atoms with Gasteiger partial charge >= 0.3 is 0 Å². The molecule has 2 saturated heterocycles. The van der Waals surface area contributed by atoms with Crippen molar-refractivity contribution in [1.82, 2.24) is 23.3 Å². The van der Waals surface area contributed by atoms with E-state index in [4.69, 9.17) is 0 Å². The minimum absolute atomic E-state index is 0.313. The Bertz CT molecular complexity index is 1110. The molecule has 0 spiro atoms. The monoisotopic (exact) mass is 487 g/mol. The summed E-state index contributed by atoms with van der Waals surface area (Å²) < 4.78 is 57.0. The van der Waals surface area contributed by atoms with Crippen LogP contribution in [0.15, 0.2) is 26.6 Å². The van der Waals surface area contributed by atoms with Gasteiger partial charge in [-0.15, -0.1) is 11.3 Å². The first-order valence-corrected chi connectivity index (χ1v) is 14.3. The molecule has 0 radical (unpaired) electrons. The van der Waals surface area contributed by atoms with E-state index in [2.05, 4.69) is 10.00 Å². The molecule has 2 aromatic heterocycles. The Morgan fingerprint density at radius 1 is 0.903 bits per heavy atom. The number of piperidine rings is 1. The summed E-state index contributed by atoms with van der Waals surface area (Å²) in [5.74, 6) is 0. The number of piperazine rings is 1. The lowest BCUT2D eigenvalue weighted by molar-refractivity contribution is 0.144. The van der Waals surface area contributed by atoms with Crippen LogP contribution < -0.4 is 0 Å². The van der Waals surface area contributed by atoms with Crippen LogP contribution in [-0.2, 0) is 26.7 Å². The van der Waals surface area contributed by atoms with Gasteiger partial charge in [-0.05, 0) is 38.1 Å². The molecule has 0 unspecified atom stereocenters. The number of thiophene rings is 1. The van der Waals surface area contributed by atoms with Crippen molar-refractivity contribution >= 4 is 31.4 Å². The third-order valence-electron chi connectivity index (χ3n) is 5.98. The van der Waals surface area contributed by atoms with Crippen molar-refractivity contribution in [2.45, 2.75) is 48.9 Å². The molecule has 0 amide bonds. The molecule has 2 aliphatic heterocycles. The molecule has 4 heterocycles. The highest BCUT2D eigenvalue weighted by Gasteiger charge is 2.33.